The second kappa shape index (κ2) is 9.30. The summed E-state index contributed by atoms with van der Waals surface area (Å²) in [5, 5.41) is 5.28. The molecule has 9 heteroatoms. The summed E-state index contributed by atoms with van der Waals surface area (Å²) in [7, 11) is 0. The standard InChI is InChI=1S/C19H17Cl2N3O3.Ca.2H/c1-13-9-25-19(27-13,10-24-12-22-11-23-24)17-7-6-16(8-18(17)21)26-15-4-2-14(20)3-5-15;;;/h2-8,11-13H,9-10H2,1H3;;;/t13-,19-;;;/m0.../s1. The average molecular weight is 448 g/mol. The molecule has 4 rings (SSSR count). The molecule has 1 aromatic heterocycles. The van der Waals surface area contributed by atoms with E-state index in [1.54, 1.807) is 41.3 Å². The van der Waals surface area contributed by atoms with Crippen LogP contribution in [0.3, 0.4) is 0 Å². The van der Waals surface area contributed by atoms with Crippen LogP contribution in [0.25, 0.3) is 0 Å². The maximum absolute atomic E-state index is 6.57. The fraction of sp³-hybridized carbons (Fsp3) is 0.263. The first kappa shape index (κ1) is 21.8. The molecule has 3 aromatic rings. The molecular formula is C19H19CaCl2N3O3. The summed E-state index contributed by atoms with van der Waals surface area (Å²) >= 11 is 12.5. The van der Waals surface area contributed by atoms with Crippen LogP contribution in [0.5, 0.6) is 11.5 Å². The van der Waals surface area contributed by atoms with Gasteiger partial charge in [-0.25, -0.2) is 9.67 Å². The van der Waals surface area contributed by atoms with Gasteiger partial charge in [0.2, 0.25) is 5.79 Å². The van der Waals surface area contributed by atoms with Crippen molar-refractivity contribution in [3.8, 4) is 11.5 Å². The Bertz CT molecular complexity index is 925. The molecule has 1 saturated heterocycles. The quantitative estimate of drug-likeness (QED) is 0.557. The summed E-state index contributed by atoms with van der Waals surface area (Å²) < 4.78 is 19.6. The number of rotatable bonds is 5. The van der Waals surface area contributed by atoms with Gasteiger partial charge in [-0.15, -0.1) is 0 Å². The minimum atomic E-state index is -1.02. The summed E-state index contributed by atoms with van der Waals surface area (Å²) in [6.45, 7) is 2.76. The SMILES string of the molecule is C[C@H]1CO[C@](Cn2cncn2)(c2ccc(Oc3ccc(Cl)cc3)cc2Cl)O1.[CaH2]. The predicted molar refractivity (Wildman–Crippen MR) is 110 cm³/mol. The van der Waals surface area contributed by atoms with Crippen molar-refractivity contribution in [2.24, 2.45) is 0 Å². The zero-order valence-corrected chi connectivity index (χ0v) is 16.0. The molecule has 0 saturated carbocycles. The molecule has 0 aliphatic carbocycles. The molecule has 0 spiro atoms. The Morgan fingerprint density at radius 2 is 1.93 bits per heavy atom. The van der Waals surface area contributed by atoms with Crippen molar-refractivity contribution in [2.75, 3.05) is 6.61 Å². The van der Waals surface area contributed by atoms with Crippen LogP contribution in [0.4, 0.5) is 0 Å². The van der Waals surface area contributed by atoms with E-state index in [0.717, 1.165) is 0 Å². The molecule has 1 fully saturated rings. The summed E-state index contributed by atoms with van der Waals surface area (Å²) in [5.41, 5.74) is 0.715. The summed E-state index contributed by atoms with van der Waals surface area (Å²) in [6.07, 6.45) is 3.02. The Labute approximate surface area is 202 Å². The Morgan fingerprint density at radius 3 is 2.54 bits per heavy atom. The van der Waals surface area contributed by atoms with Crippen LogP contribution in [0.1, 0.15) is 12.5 Å². The number of ether oxygens (including phenoxy) is 3. The van der Waals surface area contributed by atoms with E-state index in [4.69, 9.17) is 37.4 Å². The Morgan fingerprint density at radius 1 is 1.18 bits per heavy atom. The summed E-state index contributed by atoms with van der Waals surface area (Å²) in [5.74, 6) is 0.249. The topological polar surface area (TPSA) is 58.4 Å². The van der Waals surface area contributed by atoms with Gasteiger partial charge in [0.15, 0.2) is 0 Å². The maximum atomic E-state index is 6.57. The Hall–Kier alpha value is -0.860. The third kappa shape index (κ3) is 4.82. The molecule has 144 valence electrons. The number of nitrogens with zero attached hydrogens (tertiary/aromatic N) is 3. The number of hydrogen-bond donors (Lipinski definition) is 0. The molecule has 2 atom stereocenters. The van der Waals surface area contributed by atoms with E-state index in [1.807, 2.05) is 19.1 Å². The molecular weight excluding hydrogens is 429 g/mol. The molecule has 6 nitrogen and oxygen atoms in total. The molecule has 1 aliphatic heterocycles. The molecule has 28 heavy (non-hydrogen) atoms. The number of halogens is 2. The first-order chi connectivity index (χ1) is 13.0. The van der Waals surface area contributed by atoms with Gasteiger partial charge < -0.3 is 14.2 Å². The van der Waals surface area contributed by atoms with Gasteiger partial charge in [-0.2, -0.15) is 5.10 Å². The molecule has 0 radical (unpaired) electrons. The normalized spacial score (nSPS) is 21.3. The third-order valence-electron chi connectivity index (χ3n) is 4.18. The fourth-order valence-electron chi connectivity index (χ4n) is 2.99. The van der Waals surface area contributed by atoms with Gasteiger partial charge in [0, 0.05) is 10.6 Å². The van der Waals surface area contributed by atoms with E-state index in [-0.39, 0.29) is 43.8 Å². The number of aromatic nitrogens is 3. The zero-order valence-electron chi connectivity index (χ0n) is 14.5. The van der Waals surface area contributed by atoms with Gasteiger partial charge in [0.05, 0.1) is 17.7 Å². The van der Waals surface area contributed by atoms with Gasteiger partial charge in [0.25, 0.3) is 0 Å². The van der Waals surface area contributed by atoms with Crippen LogP contribution in [0.15, 0.2) is 55.1 Å². The third-order valence-corrected chi connectivity index (χ3v) is 4.74. The van der Waals surface area contributed by atoms with Crippen molar-refractivity contribution in [3.63, 3.8) is 0 Å². The van der Waals surface area contributed by atoms with Gasteiger partial charge in [0.1, 0.15) is 30.7 Å². The van der Waals surface area contributed by atoms with Gasteiger partial charge in [-0.05, 0) is 49.4 Å². The number of hydrogen-bond acceptors (Lipinski definition) is 5. The molecule has 2 heterocycles. The molecule has 0 bridgehead atoms. The minimum absolute atomic E-state index is 0. The molecule has 2 aromatic carbocycles. The van der Waals surface area contributed by atoms with E-state index in [0.29, 0.717) is 40.3 Å². The van der Waals surface area contributed by atoms with Crippen LogP contribution in [0.2, 0.25) is 10.0 Å². The summed E-state index contributed by atoms with van der Waals surface area (Å²) in [6, 6.07) is 12.5. The second-order valence-electron chi connectivity index (χ2n) is 6.28. The predicted octanol–water partition coefficient (Wildman–Crippen LogP) is 3.75. The van der Waals surface area contributed by atoms with Gasteiger partial charge >= 0.3 is 37.7 Å². The first-order valence-corrected chi connectivity index (χ1v) is 9.17. The van der Waals surface area contributed by atoms with E-state index in [2.05, 4.69) is 10.1 Å². The van der Waals surface area contributed by atoms with E-state index in [1.165, 1.54) is 6.33 Å². The Kier molecular flexibility index (Phi) is 7.26. The van der Waals surface area contributed by atoms with Gasteiger partial charge in [-0.3, -0.25) is 0 Å². The van der Waals surface area contributed by atoms with E-state index < -0.39 is 5.79 Å². The zero-order chi connectivity index (χ0) is 18.9. The second-order valence-corrected chi connectivity index (χ2v) is 7.13. The van der Waals surface area contributed by atoms with Crippen LogP contribution in [-0.2, 0) is 21.8 Å². The van der Waals surface area contributed by atoms with Crippen LogP contribution in [0, 0.1) is 0 Å². The molecule has 0 amide bonds. The number of benzene rings is 2. The molecule has 1 aliphatic rings. The van der Waals surface area contributed by atoms with Crippen molar-refractivity contribution in [1.29, 1.82) is 0 Å². The van der Waals surface area contributed by atoms with Crippen LogP contribution in [-0.4, -0.2) is 65.2 Å². The average Bonchev–Trinajstić information content (AvgIpc) is 3.28. The Balaban J connectivity index is 0.00000225. The van der Waals surface area contributed by atoms with Crippen molar-refractivity contribution in [1.82, 2.24) is 14.8 Å². The van der Waals surface area contributed by atoms with Crippen molar-refractivity contribution in [3.05, 3.63) is 70.7 Å². The summed E-state index contributed by atoms with van der Waals surface area (Å²) in [4.78, 5) is 3.98. The van der Waals surface area contributed by atoms with E-state index >= 15 is 0 Å². The monoisotopic (exact) mass is 447 g/mol. The molecule has 0 unspecified atom stereocenters. The van der Waals surface area contributed by atoms with Crippen LogP contribution >= 0.6 is 23.2 Å². The van der Waals surface area contributed by atoms with Crippen molar-refractivity contribution >= 4 is 60.9 Å². The van der Waals surface area contributed by atoms with E-state index in [9.17, 15) is 0 Å². The van der Waals surface area contributed by atoms with Gasteiger partial charge in [-0.1, -0.05) is 23.2 Å². The fourth-order valence-corrected chi connectivity index (χ4v) is 3.43. The molecule has 0 N–H and O–H groups in total. The van der Waals surface area contributed by atoms with Crippen LogP contribution < -0.4 is 4.74 Å². The first-order valence-electron chi connectivity index (χ1n) is 8.42. The van der Waals surface area contributed by atoms with Crippen molar-refractivity contribution in [2.45, 2.75) is 25.4 Å². The van der Waals surface area contributed by atoms with Crippen molar-refractivity contribution < 1.29 is 14.2 Å².